The van der Waals surface area contributed by atoms with Crippen LogP contribution < -0.4 is 25.1 Å². The molecule has 3 rings (SSSR count). The van der Waals surface area contributed by atoms with E-state index in [4.69, 9.17) is 14.2 Å². The normalized spacial score (nSPS) is 10.4. The zero-order chi connectivity index (χ0) is 21.7. The van der Waals surface area contributed by atoms with Gasteiger partial charge in [-0.25, -0.2) is 4.68 Å². The van der Waals surface area contributed by atoms with Crippen molar-refractivity contribution in [1.29, 1.82) is 0 Å². The highest BCUT2D eigenvalue weighted by atomic mass is 79.9. The molecule has 0 atom stereocenters. The Hall–Kier alpha value is -3.33. The Morgan fingerprint density at radius 3 is 2.33 bits per heavy atom. The van der Waals surface area contributed by atoms with Crippen LogP contribution in [-0.2, 0) is 11.3 Å². The molecule has 0 radical (unpaired) electrons. The molecule has 1 N–H and O–H groups in total. The molecule has 0 aliphatic rings. The number of nitrogens with zero attached hydrogens (tertiary/aromatic N) is 2. The summed E-state index contributed by atoms with van der Waals surface area (Å²) in [5.74, 6) is 0.793. The van der Waals surface area contributed by atoms with Crippen LogP contribution in [0.2, 0.25) is 0 Å². The van der Waals surface area contributed by atoms with E-state index in [-0.39, 0.29) is 12.1 Å². The van der Waals surface area contributed by atoms with Crippen LogP contribution in [0, 0.1) is 0 Å². The van der Waals surface area contributed by atoms with Crippen LogP contribution in [0.1, 0.15) is 0 Å². The molecule has 1 aromatic heterocycles. The molecule has 0 unspecified atom stereocenters. The van der Waals surface area contributed by atoms with Crippen molar-refractivity contribution in [3.63, 3.8) is 0 Å². The number of benzene rings is 2. The number of carbonyl (C=O) groups excluding carboxylic acids is 1. The largest absolute Gasteiger partial charge is 0.493 e. The van der Waals surface area contributed by atoms with Gasteiger partial charge < -0.3 is 19.5 Å². The van der Waals surface area contributed by atoms with E-state index in [0.717, 1.165) is 14.7 Å². The third kappa shape index (κ3) is 4.80. The second kappa shape index (κ2) is 9.45. The zero-order valence-electron chi connectivity index (χ0n) is 16.6. The van der Waals surface area contributed by atoms with E-state index in [0.29, 0.717) is 28.6 Å². The Labute approximate surface area is 181 Å². The minimum absolute atomic E-state index is 0.253. The molecule has 0 saturated carbocycles. The highest BCUT2D eigenvalue weighted by Crippen LogP contribution is 2.39. The number of amides is 1. The number of carbonyl (C=O) groups is 1. The van der Waals surface area contributed by atoms with E-state index in [1.54, 1.807) is 18.2 Å². The van der Waals surface area contributed by atoms with Crippen molar-refractivity contribution in [1.82, 2.24) is 9.78 Å². The first-order valence-corrected chi connectivity index (χ1v) is 9.68. The average molecular weight is 474 g/mol. The van der Waals surface area contributed by atoms with Crippen LogP contribution in [-0.4, -0.2) is 37.0 Å². The number of aromatic nitrogens is 2. The monoisotopic (exact) mass is 473 g/mol. The van der Waals surface area contributed by atoms with E-state index >= 15 is 0 Å². The molecule has 1 heterocycles. The fraction of sp³-hybridized carbons (Fsp3) is 0.190. The number of rotatable bonds is 7. The lowest BCUT2D eigenvalue weighted by Crippen LogP contribution is -2.29. The Balaban J connectivity index is 1.83. The number of halogens is 1. The SMILES string of the molecule is COc1cc(NC(=O)Cn2nc(-c3cccc(Br)c3)ccc2=O)cc(OC)c1OC. The topological polar surface area (TPSA) is 91.7 Å². The summed E-state index contributed by atoms with van der Waals surface area (Å²) in [6, 6.07) is 13.7. The number of hydrogen-bond donors (Lipinski definition) is 1. The average Bonchev–Trinajstić information content (AvgIpc) is 2.74. The summed E-state index contributed by atoms with van der Waals surface area (Å²) in [4.78, 5) is 24.8. The second-order valence-corrected chi connectivity index (χ2v) is 7.10. The van der Waals surface area contributed by atoms with E-state index in [1.165, 1.54) is 27.4 Å². The molecular weight excluding hydrogens is 454 g/mol. The molecule has 9 heteroatoms. The van der Waals surface area contributed by atoms with Gasteiger partial charge in [-0.2, -0.15) is 5.10 Å². The van der Waals surface area contributed by atoms with Crippen LogP contribution >= 0.6 is 15.9 Å². The van der Waals surface area contributed by atoms with Gasteiger partial charge in [0, 0.05) is 33.9 Å². The van der Waals surface area contributed by atoms with Gasteiger partial charge in [-0.3, -0.25) is 9.59 Å². The maximum Gasteiger partial charge on any atom is 0.267 e. The lowest BCUT2D eigenvalue weighted by Gasteiger charge is -2.15. The number of nitrogens with one attached hydrogen (secondary N) is 1. The van der Waals surface area contributed by atoms with Crippen LogP contribution in [0.5, 0.6) is 17.2 Å². The number of hydrogen-bond acceptors (Lipinski definition) is 6. The molecule has 0 spiro atoms. The number of anilines is 1. The van der Waals surface area contributed by atoms with Crippen LogP contribution in [0.15, 0.2) is 57.8 Å². The zero-order valence-corrected chi connectivity index (χ0v) is 18.2. The minimum atomic E-state index is -0.426. The first-order valence-electron chi connectivity index (χ1n) is 8.89. The summed E-state index contributed by atoms with van der Waals surface area (Å²) >= 11 is 3.41. The summed E-state index contributed by atoms with van der Waals surface area (Å²) in [7, 11) is 4.47. The van der Waals surface area contributed by atoms with Crippen molar-refractivity contribution >= 4 is 27.5 Å². The summed E-state index contributed by atoms with van der Waals surface area (Å²) in [6.45, 7) is -0.253. The summed E-state index contributed by atoms with van der Waals surface area (Å²) in [5, 5.41) is 7.04. The highest BCUT2D eigenvalue weighted by molar-refractivity contribution is 9.10. The maximum atomic E-state index is 12.6. The second-order valence-electron chi connectivity index (χ2n) is 6.19. The van der Waals surface area contributed by atoms with Gasteiger partial charge in [-0.15, -0.1) is 0 Å². The summed E-state index contributed by atoms with van der Waals surface area (Å²) in [5.41, 5.74) is 1.46. The summed E-state index contributed by atoms with van der Waals surface area (Å²) < 4.78 is 17.8. The first-order chi connectivity index (χ1) is 14.4. The van der Waals surface area contributed by atoms with E-state index in [2.05, 4.69) is 26.3 Å². The molecule has 8 nitrogen and oxygen atoms in total. The van der Waals surface area contributed by atoms with Gasteiger partial charge in [-0.1, -0.05) is 28.1 Å². The van der Waals surface area contributed by atoms with Crippen LogP contribution in [0.25, 0.3) is 11.3 Å². The molecule has 3 aromatic rings. The smallest absolute Gasteiger partial charge is 0.267 e. The Morgan fingerprint density at radius 1 is 1.03 bits per heavy atom. The predicted octanol–water partition coefficient (Wildman–Crippen LogP) is 3.34. The van der Waals surface area contributed by atoms with Crippen LogP contribution in [0.4, 0.5) is 5.69 Å². The van der Waals surface area contributed by atoms with Gasteiger partial charge in [0.25, 0.3) is 5.56 Å². The molecule has 1 amide bonds. The quantitative estimate of drug-likeness (QED) is 0.565. The van der Waals surface area contributed by atoms with Crippen molar-refractivity contribution in [3.05, 3.63) is 63.4 Å². The molecule has 156 valence electrons. The van der Waals surface area contributed by atoms with Gasteiger partial charge in [0.15, 0.2) is 11.5 Å². The molecule has 0 bridgehead atoms. The van der Waals surface area contributed by atoms with Crippen molar-refractivity contribution in [2.45, 2.75) is 6.54 Å². The van der Waals surface area contributed by atoms with E-state index < -0.39 is 5.91 Å². The van der Waals surface area contributed by atoms with Crippen molar-refractivity contribution in [2.75, 3.05) is 26.6 Å². The van der Waals surface area contributed by atoms with Crippen molar-refractivity contribution < 1.29 is 19.0 Å². The number of methoxy groups -OCH3 is 3. The van der Waals surface area contributed by atoms with Gasteiger partial charge in [0.1, 0.15) is 6.54 Å². The predicted molar refractivity (Wildman–Crippen MR) is 116 cm³/mol. The van der Waals surface area contributed by atoms with Gasteiger partial charge in [-0.05, 0) is 18.2 Å². The fourth-order valence-corrected chi connectivity index (χ4v) is 3.25. The molecule has 0 fully saturated rings. The third-order valence-electron chi connectivity index (χ3n) is 4.23. The lowest BCUT2D eigenvalue weighted by molar-refractivity contribution is -0.117. The maximum absolute atomic E-state index is 12.6. The molecule has 2 aromatic carbocycles. The lowest BCUT2D eigenvalue weighted by atomic mass is 10.1. The van der Waals surface area contributed by atoms with E-state index in [1.807, 2.05) is 24.3 Å². The Kier molecular flexibility index (Phi) is 6.73. The van der Waals surface area contributed by atoms with Gasteiger partial charge in [0.2, 0.25) is 11.7 Å². The van der Waals surface area contributed by atoms with Crippen molar-refractivity contribution in [3.8, 4) is 28.5 Å². The fourth-order valence-electron chi connectivity index (χ4n) is 2.85. The molecule has 0 saturated heterocycles. The highest BCUT2D eigenvalue weighted by Gasteiger charge is 2.15. The summed E-state index contributed by atoms with van der Waals surface area (Å²) in [6.07, 6.45) is 0. The third-order valence-corrected chi connectivity index (χ3v) is 4.72. The molecular formula is C21H20BrN3O5. The van der Waals surface area contributed by atoms with Gasteiger partial charge >= 0.3 is 0 Å². The standard InChI is InChI=1S/C21H20BrN3O5/c1-28-17-10-15(11-18(29-2)21(17)30-3)23-19(26)12-25-20(27)8-7-16(24-25)13-5-4-6-14(22)9-13/h4-11H,12H2,1-3H3,(H,23,26). The van der Waals surface area contributed by atoms with E-state index in [9.17, 15) is 9.59 Å². The Morgan fingerprint density at radius 2 is 1.73 bits per heavy atom. The molecule has 0 aliphatic heterocycles. The molecule has 0 aliphatic carbocycles. The van der Waals surface area contributed by atoms with Crippen molar-refractivity contribution in [2.24, 2.45) is 0 Å². The van der Waals surface area contributed by atoms with Gasteiger partial charge in [0.05, 0.1) is 27.0 Å². The first kappa shape index (κ1) is 21.4. The molecule has 30 heavy (non-hydrogen) atoms. The minimum Gasteiger partial charge on any atom is -0.493 e. The van der Waals surface area contributed by atoms with Crippen LogP contribution in [0.3, 0.4) is 0 Å². The Bertz CT molecular complexity index is 1100. The number of ether oxygens (including phenoxy) is 3.